The van der Waals surface area contributed by atoms with Crippen LogP contribution in [0.25, 0.3) is 10.9 Å². The molecule has 0 bridgehead atoms. The topological polar surface area (TPSA) is 54.5 Å². The van der Waals surface area contributed by atoms with Crippen molar-refractivity contribution in [3.8, 4) is 5.75 Å². The Morgan fingerprint density at radius 1 is 1.13 bits per heavy atom. The van der Waals surface area contributed by atoms with Crippen molar-refractivity contribution in [2.24, 2.45) is 0 Å². The number of piperidine rings is 1. The van der Waals surface area contributed by atoms with Crippen LogP contribution >= 0.6 is 0 Å². The molecular formula is C25H29N3O2. The number of carbonyl (C=O) groups is 1. The Balaban J connectivity index is 1.39. The predicted molar refractivity (Wildman–Crippen MR) is 121 cm³/mol. The van der Waals surface area contributed by atoms with E-state index in [4.69, 9.17) is 9.72 Å². The van der Waals surface area contributed by atoms with E-state index in [-0.39, 0.29) is 5.91 Å². The third-order valence-electron chi connectivity index (χ3n) is 5.87. The van der Waals surface area contributed by atoms with E-state index >= 15 is 0 Å². The van der Waals surface area contributed by atoms with Crippen molar-refractivity contribution in [2.45, 2.75) is 38.6 Å². The highest BCUT2D eigenvalue weighted by Crippen LogP contribution is 2.26. The fourth-order valence-electron chi connectivity index (χ4n) is 4.15. The minimum absolute atomic E-state index is 0.167. The number of aryl methyl sites for hydroxylation is 1. The van der Waals surface area contributed by atoms with Crippen molar-refractivity contribution in [1.29, 1.82) is 0 Å². The fourth-order valence-corrected chi connectivity index (χ4v) is 4.15. The Bertz CT molecular complexity index is 1030. The molecule has 2 aromatic carbocycles. The van der Waals surface area contributed by atoms with Crippen LogP contribution < -0.4 is 10.1 Å². The number of fused-ring (bicyclic) bond motifs is 1. The lowest BCUT2D eigenvalue weighted by molar-refractivity contribution is -0.131. The van der Waals surface area contributed by atoms with Gasteiger partial charge in [-0.3, -0.25) is 9.78 Å². The monoisotopic (exact) mass is 403 g/mol. The van der Waals surface area contributed by atoms with Crippen molar-refractivity contribution in [1.82, 2.24) is 9.88 Å². The maximum Gasteiger partial charge on any atom is 0.227 e. The lowest BCUT2D eigenvalue weighted by atomic mass is 10.0. The first-order valence-electron chi connectivity index (χ1n) is 10.7. The molecule has 1 amide bonds. The van der Waals surface area contributed by atoms with Crippen LogP contribution in [0.4, 0.5) is 5.69 Å². The number of methoxy groups -OCH3 is 1. The van der Waals surface area contributed by atoms with Crippen molar-refractivity contribution in [3.05, 3.63) is 65.9 Å². The van der Waals surface area contributed by atoms with Gasteiger partial charge >= 0.3 is 0 Å². The molecule has 5 heteroatoms. The minimum Gasteiger partial charge on any atom is -0.496 e. The summed E-state index contributed by atoms with van der Waals surface area (Å²) < 4.78 is 5.39. The molecule has 1 aliphatic rings. The highest BCUT2D eigenvalue weighted by Gasteiger charge is 2.24. The summed E-state index contributed by atoms with van der Waals surface area (Å²) in [5.41, 5.74) is 4.22. The number of amides is 1. The van der Waals surface area contributed by atoms with Crippen LogP contribution in [0.5, 0.6) is 5.75 Å². The molecule has 0 atom stereocenters. The smallest absolute Gasteiger partial charge is 0.227 e. The van der Waals surface area contributed by atoms with E-state index in [2.05, 4.69) is 36.5 Å². The van der Waals surface area contributed by atoms with Gasteiger partial charge in [0.1, 0.15) is 5.75 Å². The van der Waals surface area contributed by atoms with Crippen LogP contribution in [-0.4, -0.2) is 42.0 Å². The number of nitrogens with zero attached hydrogens (tertiary/aromatic N) is 2. The number of anilines is 1. The number of aromatic nitrogens is 1. The highest BCUT2D eigenvalue weighted by atomic mass is 16.5. The van der Waals surface area contributed by atoms with Crippen LogP contribution in [-0.2, 0) is 17.6 Å². The lowest BCUT2D eigenvalue weighted by Crippen LogP contribution is -2.43. The second kappa shape index (κ2) is 9.16. The summed E-state index contributed by atoms with van der Waals surface area (Å²) in [6.45, 7) is 3.68. The average molecular weight is 404 g/mol. The standard InChI is InChI=1S/C25H29N3O2/c1-3-19-17-23(21-9-5-6-10-22(21)26-19)27-20-12-14-28(15-13-20)25(29)16-18-8-4-7-11-24(18)30-2/h4-11,17,20H,3,12-16H2,1-2H3,(H,26,27). The zero-order valence-corrected chi connectivity index (χ0v) is 17.7. The summed E-state index contributed by atoms with van der Waals surface area (Å²) in [5, 5.41) is 4.88. The molecule has 1 saturated heterocycles. The largest absolute Gasteiger partial charge is 0.496 e. The number of hydrogen-bond acceptors (Lipinski definition) is 4. The zero-order valence-electron chi connectivity index (χ0n) is 17.7. The van der Waals surface area contributed by atoms with E-state index in [0.29, 0.717) is 12.5 Å². The van der Waals surface area contributed by atoms with Crippen LogP contribution in [0.15, 0.2) is 54.6 Å². The van der Waals surface area contributed by atoms with Crippen molar-refractivity contribution >= 4 is 22.5 Å². The third-order valence-corrected chi connectivity index (χ3v) is 5.87. The number of ether oxygens (including phenoxy) is 1. The van der Waals surface area contributed by atoms with Gasteiger partial charge in [0.05, 0.1) is 19.0 Å². The molecule has 0 saturated carbocycles. The average Bonchev–Trinajstić information content (AvgIpc) is 2.79. The molecule has 4 rings (SSSR count). The molecule has 0 unspecified atom stereocenters. The molecular weight excluding hydrogens is 374 g/mol. The van der Waals surface area contributed by atoms with Gasteiger partial charge in [-0.1, -0.05) is 43.3 Å². The first-order chi connectivity index (χ1) is 14.7. The summed E-state index contributed by atoms with van der Waals surface area (Å²) >= 11 is 0. The Morgan fingerprint density at radius 3 is 2.63 bits per heavy atom. The molecule has 1 fully saturated rings. The van der Waals surface area contributed by atoms with Crippen LogP contribution in [0.2, 0.25) is 0 Å². The number of carbonyl (C=O) groups excluding carboxylic acids is 1. The lowest BCUT2D eigenvalue weighted by Gasteiger charge is -2.33. The molecule has 1 aromatic heterocycles. The minimum atomic E-state index is 0.167. The molecule has 0 radical (unpaired) electrons. The maximum atomic E-state index is 12.8. The first-order valence-corrected chi connectivity index (χ1v) is 10.7. The van der Waals surface area contributed by atoms with Gasteiger partial charge in [-0.2, -0.15) is 0 Å². The van der Waals surface area contributed by atoms with Crippen molar-refractivity contribution < 1.29 is 9.53 Å². The van der Waals surface area contributed by atoms with Gasteiger partial charge in [-0.05, 0) is 37.5 Å². The zero-order chi connectivity index (χ0) is 20.9. The maximum absolute atomic E-state index is 12.8. The second-order valence-corrected chi connectivity index (χ2v) is 7.82. The summed E-state index contributed by atoms with van der Waals surface area (Å²) in [4.78, 5) is 19.5. The van der Waals surface area contributed by atoms with Gasteiger partial charge in [-0.15, -0.1) is 0 Å². The Labute approximate surface area is 178 Å². The summed E-state index contributed by atoms with van der Waals surface area (Å²) in [6.07, 6.45) is 3.18. The highest BCUT2D eigenvalue weighted by molar-refractivity contribution is 5.91. The summed E-state index contributed by atoms with van der Waals surface area (Å²) in [7, 11) is 1.65. The van der Waals surface area contributed by atoms with Crippen LogP contribution in [0.3, 0.4) is 0 Å². The molecule has 156 valence electrons. The molecule has 0 aliphatic carbocycles. The number of pyridine rings is 1. The first kappa shape index (κ1) is 20.2. The van der Waals surface area contributed by atoms with Gasteiger partial charge in [0.15, 0.2) is 0 Å². The van der Waals surface area contributed by atoms with E-state index in [1.807, 2.05) is 35.2 Å². The fraction of sp³-hybridized carbons (Fsp3) is 0.360. The van der Waals surface area contributed by atoms with Crippen LogP contribution in [0, 0.1) is 0 Å². The summed E-state index contributed by atoms with van der Waals surface area (Å²) in [5.74, 6) is 0.944. The number of likely N-dealkylation sites (tertiary alicyclic amines) is 1. The molecule has 3 aromatic rings. The van der Waals surface area contributed by atoms with E-state index < -0.39 is 0 Å². The van der Waals surface area contributed by atoms with Gasteiger partial charge in [0, 0.05) is 41.5 Å². The SMILES string of the molecule is CCc1cc(NC2CCN(C(=O)Cc3ccccc3OC)CC2)c2ccccc2n1. The Morgan fingerprint density at radius 2 is 1.87 bits per heavy atom. The molecule has 1 N–H and O–H groups in total. The Kier molecular flexibility index (Phi) is 6.17. The van der Waals surface area contributed by atoms with Crippen LogP contribution in [0.1, 0.15) is 31.0 Å². The van der Waals surface area contributed by atoms with Crippen molar-refractivity contribution in [2.75, 3.05) is 25.5 Å². The number of para-hydroxylation sites is 2. The summed E-state index contributed by atoms with van der Waals surface area (Å²) in [6, 6.07) is 18.5. The normalized spacial score (nSPS) is 14.7. The number of hydrogen-bond donors (Lipinski definition) is 1. The number of rotatable bonds is 6. The van der Waals surface area contributed by atoms with Crippen molar-refractivity contribution in [3.63, 3.8) is 0 Å². The van der Waals surface area contributed by atoms with E-state index in [0.717, 1.165) is 65.9 Å². The molecule has 1 aliphatic heterocycles. The molecule has 2 heterocycles. The predicted octanol–water partition coefficient (Wildman–Crippen LogP) is 4.45. The third kappa shape index (κ3) is 4.40. The molecule has 0 spiro atoms. The molecule has 30 heavy (non-hydrogen) atoms. The number of nitrogens with one attached hydrogen (secondary N) is 1. The van der Waals surface area contributed by atoms with E-state index in [9.17, 15) is 4.79 Å². The van der Waals surface area contributed by atoms with Gasteiger partial charge < -0.3 is 15.0 Å². The van der Waals surface area contributed by atoms with Gasteiger partial charge in [-0.25, -0.2) is 0 Å². The second-order valence-electron chi connectivity index (χ2n) is 7.82. The number of benzene rings is 2. The van der Waals surface area contributed by atoms with Gasteiger partial charge in [0.2, 0.25) is 5.91 Å². The van der Waals surface area contributed by atoms with E-state index in [1.54, 1.807) is 7.11 Å². The van der Waals surface area contributed by atoms with Gasteiger partial charge in [0.25, 0.3) is 0 Å². The molecule has 5 nitrogen and oxygen atoms in total. The quantitative estimate of drug-likeness (QED) is 0.661. The van der Waals surface area contributed by atoms with E-state index in [1.165, 1.54) is 0 Å². The Hall–Kier alpha value is -3.08.